The molecule has 0 bridgehead atoms. The number of hydrogen-bond acceptors (Lipinski definition) is 5. The summed E-state index contributed by atoms with van der Waals surface area (Å²) in [5.41, 5.74) is 1.95. The zero-order valence-electron chi connectivity index (χ0n) is 12.6. The summed E-state index contributed by atoms with van der Waals surface area (Å²) in [7, 11) is 0. The monoisotopic (exact) mass is 326 g/mol. The summed E-state index contributed by atoms with van der Waals surface area (Å²) in [5.74, 6) is 0.462. The van der Waals surface area contributed by atoms with Crippen LogP contribution < -0.4 is 5.56 Å². The fourth-order valence-corrected chi connectivity index (χ4v) is 3.35. The molecule has 0 saturated carbocycles. The van der Waals surface area contributed by atoms with Crippen molar-refractivity contribution >= 4 is 17.1 Å². The van der Waals surface area contributed by atoms with Gasteiger partial charge in [-0.15, -0.1) is 11.3 Å². The molecular formula is C15H14N6OS. The SMILES string of the molecule is CC(C)c1c(-c2csc(-n3cccc3)n2)[nH]c2ncnn2c1=O. The van der Waals surface area contributed by atoms with E-state index in [1.54, 1.807) is 0 Å². The van der Waals surface area contributed by atoms with Gasteiger partial charge in [0.05, 0.1) is 5.69 Å². The van der Waals surface area contributed by atoms with Gasteiger partial charge in [-0.2, -0.15) is 14.6 Å². The number of H-pyrrole nitrogens is 1. The highest BCUT2D eigenvalue weighted by Crippen LogP contribution is 2.27. The lowest BCUT2D eigenvalue weighted by Crippen LogP contribution is -2.22. The summed E-state index contributed by atoms with van der Waals surface area (Å²) in [5, 5.41) is 6.77. The average Bonchev–Trinajstić information content (AvgIpc) is 3.26. The first-order valence-corrected chi connectivity index (χ1v) is 8.08. The lowest BCUT2D eigenvalue weighted by molar-refractivity contribution is 0.796. The van der Waals surface area contributed by atoms with Crippen molar-refractivity contribution in [3.8, 4) is 16.5 Å². The topological polar surface area (TPSA) is 80.9 Å². The zero-order chi connectivity index (χ0) is 16.0. The summed E-state index contributed by atoms with van der Waals surface area (Å²) in [6.07, 6.45) is 5.25. The second-order valence-corrected chi connectivity index (χ2v) is 6.31. The minimum Gasteiger partial charge on any atom is -0.322 e. The second kappa shape index (κ2) is 5.17. The van der Waals surface area contributed by atoms with Gasteiger partial charge in [0, 0.05) is 23.3 Å². The molecule has 0 amide bonds. The van der Waals surface area contributed by atoms with Crippen LogP contribution in [0.1, 0.15) is 25.3 Å². The molecule has 7 nitrogen and oxygen atoms in total. The van der Waals surface area contributed by atoms with E-state index in [9.17, 15) is 4.79 Å². The van der Waals surface area contributed by atoms with E-state index in [4.69, 9.17) is 0 Å². The number of nitrogens with zero attached hydrogens (tertiary/aromatic N) is 5. The molecular weight excluding hydrogens is 312 g/mol. The Balaban J connectivity index is 1.94. The van der Waals surface area contributed by atoms with Gasteiger partial charge in [-0.3, -0.25) is 4.79 Å². The van der Waals surface area contributed by atoms with Crippen LogP contribution in [-0.4, -0.2) is 29.1 Å². The van der Waals surface area contributed by atoms with Gasteiger partial charge in [-0.1, -0.05) is 13.8 Å². The quantitative estimate of drug-likeness (QED) is 0.627. The first-order chi connectivity index (χ1) is 11.1. The van der Waals surface area contributed by atoms with Crippen molar-refractivity contribution in [1.82, 2.24) is 29.1 Å². The molecule has 1 N–H and O–H groups in total. The molecule has 4 rings (SSSR count). The van der Waals surface area contributed by atoms with Crippen LogP contribution in [0.25, 0.3) is 22.3 Å². The van der Waals surface area contributed by atoms with Crippen molar-refractivity contribution in [2.24, 2.45) is 0 Å². The van der Waals surface area contributed by atoms with E-state index in [2.05, 4.69) is 20.1 Å². The van der Waals surface area contributed by atoms with Crippen molar-refractivity contribution in [3.05, 3.63) is 52.2 Å². The number of fused-ring (bicyclic) bond motifs is 1. The summed E-state index contributed by atoms with van der Waals surface area (Å²) >= 11 is 1.52. The van der Waals surface area contributed by atoms with Gasteiger partial charge in [0.2, 0.25) is 5.78 Å². The van der Waals surface area contributed by atoms with Crippen LogP contribution in [0.4, 0.5) is 0 Å². The van der Waals surface area contributed by atoms with E-state index in [0.717, 1.165) is 10.8 Å². The molecule has 0 spiro atoms. The zero-order valence-corrected chi connectivity index (χ0v) is 13.4. The molecule has 0 unspecified atom stereocenters. The number of nitrogens with one attached hydrogen (secondary N) is 1. The Bertz CT molecular complexity index is 1020. The normalized spacial score (nSPS) is 11.6. The van der Waals surface area contributed by atoms with E-state index >= 15 is 0 Å². The molecule has 0 aromatic carbocycles. The molecule has 4 heterocycles. The Hall–Kier alpha value is -2.74. The number of rotatable bonds is 3. The predicted molar refractivity (Wildman–Crippen MR) is 88.1 cm³/mol. The van der Waals surface area contributed by atoms with E-state index in [1.807, 2.05) is 48.3 Å². The van der Waals surface area contributed by atoms with E-state index in [1.165, 1.54) is 22.2 Å². The standard InChI is InChI=1S/C15H14N6OS/c1-9(2)11-12(19-14-16-8-17-21(14)13(11)22)10-7-23-15(18-10)20-5-3-4-6-20/h3-9H,1-2H3,(H,16,17,19). The number of hydrogen-bond donors (Lipinski definition) is 1. The first-order valence-electron chi connectivity index (χ1n) is 7.20. The largest absolute Gasteiger partial charge is 0.322 e. The minimum atomic E-state index is -0.156. The van der Waals surface area contributed by atoms with Crippen LogP contribution in [0.2, 0.25) is 0 Å². The third-order valence-electron chi connectivity index (χ3n) is 3.63. The van der Waals surface area contributed by atoms with Gasteiger partial charge in [-0.05, 0) is 18.1 Å². The third kappa shape index (κ3) is 2.18. The summed E-state index contributed by atoms with van der Waals surface area (Å²) in [4.78, 5) is 24.6. The van der Waals surface area contributed by atoms with Crippen LogP contribution >= 0.6 is 11.3 Å². The maximum atomic E-state index is 12.7. The highest BCUT2D eigenvalue weighted by molar-refractivity contribution is 7.12. The van der Waals surface area contributed by atoms with Crippen molar-refractivity contribution in [2.75, 3.05) is 0 Å². The van der Waals surface area contributed by atoms with Crippen molar-refractivity contribution in [2.45, 2.75) is 19.8 Å². The van der Waals surface area contributed by atoms with Crippen molar-refractivity contribution in [3.63, 3.8) is 0 Å². The van der Waals surface area contributed by atoms with Gasteiger partial charge in [0.1, 0.15) is 12.0 Å². The molecule has 116 valence electrons. The summed E-state index contributed by atoms with van der Waals surface area (Å²) < 4.78 is 3.23. The van der Waals surface area contributed by atoms with Crippen molar-refractivity contribution in [1.29, 1.82) is 0 Å². The summed E-state index contributed by atoms with van der Waals surface area (Å²) in [6, 6.07) is 3.90. The molecule has 0 atom stereocenters. The Morgan fingerprint density at radius 3 is 2.78 bits per heavy atom. The third-order valence-corrected chi connectivity index (χ3v) is 4.48. The Morgan fingerprint density at radius 2 is 2.04 bits per heavy atom. The molecule has 0 fully saturated rings. The lowest BCUT2D eigenvalue weighted by Gasteiger charge is -2.10. The first kappa shape index (κ1) is 13.9. The molecule has 0 radical (unpaired) electrons. The lowest BCUT2D eigenvalue weighted by atomic mass is 10.0. The van der Waals surface area contributed by atoms with Gasteiger partial charge >= 0.3 is 0 Å². The number of thiazole rings is 1. The van der Waals surface area contributed by atoms with Crippen LogP contribution in [-0.2, 0) is 0 Å². The van der Waals surface area contributed by atoms with Crippen LogP contribution in [0.15, 0.2) is 41.0 Å². The van der Waals surface area contributed by atoms with Gasteiger partial charge in [0.25, 0.3) is 5.56 Å². The minimum absolute atomic E-state index is 0.0408. The molecule has 0 saturated heterocycles. The molecule has 4 aromatic heterocycles. The fraction of sp³-hybridized carbons (Fsp3) is 0.200. The Kier molecular flexibility index (Phi) is 3.12. The van der Waals surface area contributed by atoms with Crippen LogP contribution in [0.5, 0.6) is 0 Å². The smallest absolute Gasteiger partial charge is 0.279 e. The van der Waals surface area contributed by atoms with E-state index in [-0.39, 0.29) is 11.5 Å². The maximum absolute atomic E-state index is 12.7. The average molecular weight is 326 g/mol. The molecule has 8 heteroatoms. The molecule has 4 aromatic rings. The Morgan fingerprint density at radius 1 is 1.26 bits per heavy atom. The number of aromatic nitrogens is 6. The molecule has 0 aliphatic heterocycles. The van der Waals surface area contributed by atoms with E-state index < -0.39 is 0 Å². The molecule has 23 heavy (non-hydrogen) atoms. The maximum Gasteiger partial charge on any atom is 0.279 e. The number of aromatic amines is 1. The predicted octanol–water partition coefficient (Wildman–Crippen LogP) is 2.46. The second-order valence-electron chi connectivity index (χ2n) is 5.47. The highest BCUT2D eigenvalue weighted by atomic mass is 32.1. The fourth-order valence-electron chi connectivity index (χ4n) is 2.57. The highest BCUT2D eigenvalue weighted by Gasteiger charge is 2.19. The molecule has 0 aliphatic carbocycles. The van der Waals surface area contributed by atoms with Crippen LogP contribution in [0, 0.1) is 0 Å². The van der Waals surface area contributed by atoms with E-state index in [0.29, 0.717) is 17.0 Å². The Labute approximate surface area is 135 Å². The van der Waals surface area contributed by atoms with Gasteiger partial charge in [-0.25, -0.2) is 4.98 Å². The van der Waals surface area contributed by atoms with Gasteiger partial charge in [0.15, 0.2) is 5.13 Å². The van der Waals surface area contributed by atoms with Crippen molar-refractivity contribution < 1.29 is 0 Å². The molecule has 0 aliphatic rings. The van der Waals surface area contributed by atoms with Gasteiger partial charge < -0.3 is 9.55 Å². The van der Waals surface area contributed by atoms with Crippen LogP contribution in [0.3, 0.4) is 0 Å². The summed E-state index contributed by atoms with van der Waals surface area (Å²) in [6.45, 7) is 3.96.